The van der Waals surface area contributed by atoms with Crippen LogP contribution in [0.15, 0.2) is 10.8 Å². The molecule has 2 unspecified atom stereocenters. The van der Waals surface area contributed by atoms with Crippen LogP contribution in [-0.4, -0.2) is 35.9 Å². The Hall–Kier alpha value is -0.910. The van der Waals surface area contributed by atoms with Crippen LogP contribution in [0.25, 0.3) is 0 Å². The van der Waals surface area contributed by atoms with Gasteiger partial charge >= 0.3 is 0 Å². The summed E-state index contributed by atoms with van der Waals surface area (Å²) >= 11 is 1.50. The van der Waals surface area contributed by atoms with Crippen LogP contribution in [0, 0.1) is 6.92 Å². The first-order valence-corrected chi connectivity index (χ1v) is 6.62. The highest BCUT2D eigenvalue weighted by molar-refractivity contribution is 7.08. The number of amides is 1. The number of hydrogen-bond acceptors (Lipinski definition) is 4. The van der Waals surface area contributed by atoms with Crippen molar-refractivity contribution in [3.8, 4) is 0 Å². The van der Waals surface area contributed by atoms with E-state index in [1.807, 2.05) is 24.6 Å². The van der Waals surface area contributed by atoms with Crippen LogP contribution >= 0.6 is 11.3 Å². The van der Waals surface area contributed by atoms with E-state index >= 15 is 0 Å². The van der Waals surface area contributed by atoms with E-state index in [-0.39, 0.29) is 18.6 Å². The van der Waals surface area contributed by atoms with E-state index in [9.17, 15) is 9.90 Å². The summed E-state index contributed by atoms with van der Waals surface area (Å²) in [5.41, 5.74) is 0.722. The maximum Gasteiger partial charge on any atom is 0.252 e. The number of hydrogen-bond donors (Lipinski definition) is 2. The molecule has 1 fully saturated rings. The van der Waals surface area contributed by atoms with Crippen molar-refractivity contribution in [2.24, 2.45) is 0 Å². The molecule has 0 spiro atoms. The summed E-state index contributed by atoms with van der Waals surface area (Å²) in [6.45, 7) is 4.52. The van der Waals surface area contributed by atoms with E-state index in [0.717, 1.165) is 5.56 Å². The summed E-state index contributed by atoms with van der Waals surface area (Å²) in [5, 5.41) is 16.8. The van der Waals surface area contributed by atoms with E-state index in [0.29, 0.717) is 18.6 Å². The molecule has 2 atom stereocenters. The lowest BCUT2D eigenvalue weighted by Gasteiger charge is -2.26. The number of ether oxygens (including phenoxy) is 1. The third-order valence-corrected chi connectivity index (χ3v) is 4.18. The van der Waals surface area contributed by atoms with Crippen molar-refractivity contribution in [1.29, 1.82) is 0 Å². The number of carbonyl (C=O) groups is 1. The second kappa shape index (κ2) is 4.76. The van der Waals surface area contributed by atoms with Crippen LogP contribution in [0.4, 0.5) is 0 Å². The molecule has 1 aliphatic rings. The quantitative estimate of drug-likeness (QED) is 0.856. The zero-order chi connectivity index (χ0) is 12.5. The lowest BCUT2D eigenvalue weighted by atomic mass is 9.96. The molecule has 17 heavy (non-hydrogen) atoms. The van der Waals surface area contributed by atoms with Crippen molar-refractivity contribution >= 4 is 17.2 Å². The molecule has 0 aromatic carbocycles. The molecule has 1 saturated heterocycles. The van der Waals surface area contributed by atoms with Crippen LogP contribution in [0.3, 0.4) is 0 Å². The fourth-order valence-electron chi connectivity index (χ4n) is 1.92. The SMILES string of the molecule is Cc1cscc1C(=O)NCC1(O)CCOC1C. The normalized spacial score (nSPS) is 28.3. The van der Waals surface area contributed by atoms with Gasteiger partial charge in [-0.2, -0.15) is 11.3 Å². The highest BCUT2D eigenvalue weighted by Crippen LogP contribution is 2.25. The maximum atomic E-state index is 11.9. The minimum Gasteiger partial charge on any atom is -0.385 e. The highest BCUT2D eigenvalue weighted by Gasteiger charge is 2.39. The van der Waals surface area contributed by atoms with Crippen LogP contribution < -0.4 is 5.32 Å². The molecule has 2 rings (SSSR count). The van der Waals surface area contributed by atoms with Crippen LogP contribution in [0.1, 0.15) is 29.3 Å². The van der Waals surface area contributed by atoms with Crippen molar-refractivity contribution in [2.45, 2.75) is 32.0 Å². The fraction of sp³-hybridized carbons (Fsp3) is 0.583. The molecule has 0 aliphatic carbocycles. The first-order chi connectivity index (χ1) is 8.03. The number of thiophene rings is 1. The molecule has 1 aliphatic heterocycles. The summed E-state index contributed by atoms with van der Waals surface area (Å²) in [5.74, 6) is -0.128. The van der Waals surface area contributed by atoms with Crippen LogP contribution in [0.2, 0.25) is 0 Å². The lowest BCUT2D eigenvalue weighted by molar-refractivity contribution is -0.0251. The van der Waals surface area contributed by atoms with Gasteiger partial charge in [0, 0.05) is 25.0 Å². The van der Waals surface area contributed by atoms with Gasteiger partial charge in [-0.3, -0.25) is 4.79 Å². The van der Waals surface area contributed by atoms with Gasteiger partial charge in [0.25, 0.3) is 5.91 Å². The molecule has 0 saturated carbocycles. The lowest BCUT2D eigenvalue weighted by Crippen LogP contribution is -2.47. The summed E-state index contributed by atoms with van der Waals surface area (Å²) < 4.78 is 5.32. The van der Waals surface area contributed by atoms with Gasteiger partial charge in [-0.05, 0) is 24.8 Å². The number of nitrogens with one attached hydrogen (secondary N) is 1. The average Bonchev–Trinajstić information content (AvgIpc) is 2.84. The Morgan fingerprint density at radius 3 is 3.00 bits per heavy atom. The van der Waals surface area contributed by atoms with Gasteiger partial charge in [-0.25, -0.2) is 0 Å². The number of aryl methyl sites for hydroxylation is 1. The third-order valence-electron chi connectivity index (χ3n) is 3.31. The van der Waals surface area contributed by atoms with E-state index in [2.05, 4.69) is 5.32 Å². The molecule has 5 heteroatoms. The van der Waals surface area contributed by atoms with Gasteiger partial charge < -0.3 is 15.2 Å². The Morgan fingerprint density at radius 1 is 1.71 bits per heavy atom. The molecule has 94 valence electrons. The third kappa shape index (κ3) is 2.51. The molecule has 2 heterocycles. The Bertz CT molecular complexity index is 418. The summed E-state index contributed by atoms with van der Waals surface area (Å²) in [6.07, 6.45) is 0.336. The number of carbonyl (C=O) groups excluding carboxylic acids is 1. The molecule has 4 nitrogen and oxygen atoms in total. The van der Waals surface area contributed by atoms with Crippen molar-refractivity contribution in [2.75, 3.05) is 13.2 Å². The van der Waals surface area contributed by atoms with Crippen molar-refractivity contribution in [3.63, 3.8) is 0 Å². The average molecular weight is 255 g/mol. The van der Waals surface area contributed by atoms with Gasteiger partial charge in [-0.1, -0.05) is 0 Å². The first-order valence-electron chi connectivity index (χ1n) is 5.68. The zero-order valence-electron chi connectivity index (χ0n) is 10.0. The highest BCUT2D eigenvalue weighted by atomic mass is 32.1. The Balaban J connectivity index is 1.95. The molecular weight excluding hydrogens is 238 g/mol. The predicted octanol–water partition coefficient (Wildman–Crippen LogP) is 1.33. The monoisotopic (exact) mass is 255 g/mol. The fourth-order valence-corrected chi connectivity index (χ4v) is 2.75. The summed E-state index contributed by atoms with van der Waals surface area (Å²) in [4.78, 5) is 11.9. The second-order valence-electron chi connectivity index (χ2n) is 4.52. The largest absolute Gasteiger partial charge is 0.385 e. The molecule has 2 N–H and O–H groups in total. The smallest absolute Gasteiger partial charge is 0.252 e. The molecule has 0 bridgehead atoms. The van der Waals surface area contributed by atoms with Crippen molar-refractivity contribution in [3.05, 3.63) is 21.9 Å². The number of rotatable bonds is 3. The van der Waals surface area contributed by atoms with Gasteiger partial charge in [0.1, 0.15) is 5.60 Å². The van der Waals surface area contributed by atoms with Crippen LogP contribution in [0.5, 0.6) is 0 Å². The van der Waals surface area contributed by atoms with Crippen LogP contribution in [-0.2, 0) is 4.74 Å². The predicted molar refractivity (Wildman–Crippen MR) is 66.4 cm³/mol. The topological polar surface area (TPSA) is 58.6 Å². The van der Waals surface area contributed by atoms with E-state index in [4.69, 9.17) is 4.74 Å². The molecule has 1 aromatic heterocycles. The molecule has 0 radical (unpaired) electrons. The molecule has 1 aromatic rings. The van der Waals surface area contributed by atoms with Gasteiger partial charge in [0.15, 0.2) is 0 Å². The maximum absolute atomic E-state index is 11.9. The zero-order valence-corrected chi connectivity index (χ0v) is 10.8. The van der Waals surface area contributed by atoms with E-state index in [1.54, 1.807) is 0 Å². The van der Waals surface area contributed by atoms with E-state index in [1.165, 1.54) is 11.3 Å². The Labute approximate surface area is 105 Å². The summed E-state index contributed by atoms with van der Waals surface area (Å²) in [6, 6.07) is 0. The van der Waals surface area contributed by atoms with E-state index < -0.39 is 5.60 Å². The van der Waals surface area contributed by atoms with Gasteiger partial charge in [-0.15, -0.1) is 0 Å². The minimum absolute atomic E-state index is 0.128. The van der Waals surface area contributed by atoms with Gasteiger partial charge in [0.05, 0.1) is 11.7 Å². The van der Waals surface area contributed by atoms with Gasteiger partial charge in [0.2, 0.25) is 0 Å². The Morgan fingerprint density at radius 2 is 2.47 bits per heavy atom. The standard InChI is InChI=1S/C12H17NO3S/c1-8-5-17-6-10(8)11(14)13-7-12(15)3-4-16-9(12)2/h5-6,9,15H,3-4,7H2,1-2H3,(H,13,14). The molecular formula is C12H17NO3S. The number of aliphatic hydroxyl groups is 1. The Kier molecular flexibility index (Phi) is 3.51. The minimum atomic E-state index is -0.931. The summed E-state index contributed by atoms with van der Waals surface area (Å²) in [7, 11) is 0. The first kappa shape index (κ1) is 12.5. The van der Waals surface area contributed by atoms with Crippen molar-refractivity contribution < 1.29 is 14.6 Å². The molecule has 1 amide bonds. The second-order valence-corrected chi connectivity index (χ2v) is 5.26. The van der Waals surface area contributed by atoms with Crippen molar-refractivity contribution in [1.82, 2.24) is 5.32 Å².